The molecule has 0 fully saturated rings. The number of aromatic nitrogens is 1. The lowest BCUT2D eigenvalue weighted by Gasteiger charge is -2.11. The number of hydrogen-bond donors (Lipinski definition) is 1. The van der Waals surface area contributed by atoms with Crippen LogP contribution in [-0.4, -0.2) is 16.1 Å². The maximum atomic E-state index is 12.4. The Morgan fingerprint density at radius 1 is 1.41 bits per heavy atom. The number of halogens is 6. The summed E-state index contributed by atoms with van der Waals surface area (Å²) >= 11 is 5.16. The number of pyridine rings is 1. The van der Waals surface area contributed by atoms with Gasteiger partial charge in [0.05, 0.1) is 10.6 Å². The molecule has 1 rings (SSSR count). The molecule has 0 aliphatic heterocycles. The van der Waals surface area contributed by atoms with Crippen LogP contribution in [0, 0.1) is 0 Å². The van der Waals surface area contributed by atoms with Crippen molar-refractivity contribution in [3.63, 3.8) is 0 Å². The normalized spacial score (nSPS) is 11.9. The van der Waals surface area contributed by atoms with Crippen molar-refractivity contribution in [2.45, 2.75) is 12.6 Å². The summed E-state index contributed by atoms with van der Waals surface area (Å²) in [6.45, 7) is 0. The van der Waals surface area contributed by atoms with E-state index < -0.39 is 40.5 Å². The second-order valence-electron chi connectivity index (χ2n) is 2.86. The molecular formula is C8H3ClF5NO2. The van der Waals surface area contributed by atoms with Crippen LogP contribution in [0.4, 0.5) is 22.0 Å². The summed E-state index contributed by atoms with van der Waals surface area (Å²) in [5.74, 6) is -1.84. The molecule has 1 aromatic rings. The Kier molecular flexibility index (Phi) is 3.56. The third-order valence-corrected chi connectivity index (χ3v) is 2.08. The fourth-order valence-electron chi connectivity index (χ4n) is 1.00. The molecule has 0 saturated carbocycles. The van der Waals surface area contributed by atoms with Crippen LogP contribution in [0.3, 0.4) is 0 Å². The van der Waals surface area contributed by atoms with E-state index in [0.29, 0.717) is 6.07 Å². The molecule has 94 valence electrons. The minimum atomic E-state index is -5.10. The number of aromatic carboxylic acids is 1. The first kappa shape index (κ1) is 13.6. The second kappa shape index (κ2) is 4.44. The number of carboxylic acid groups (broad SMARTS) is 1. The largest absolute Gasteiger partial charge is 0.478 e. The molecule has 9 heteroatoms. The van der Waals surface area contributed by atoms with Gasteiger partial charge in [0.15, 0.2) is 5.69 Å². The highest BCUT2D eigenvalue weighted by Crippen LogP contribution is 2.36. The molecule has 0 amide bonds. The summed E-state index contributed by atoms with van der Waals surface area (Å²) in [4.78, 5) is 13.2. The maximum Gasteiger partial charge on any atom is 0.434 e. The molecule has 0 spiro atoms. The zero-order valence-corrected chi connectivity index (χ0v) is 8.48. The third kappa shape index (κ3) is 2.82. The summed E-state index contributed by atoms with van der Waals surface area (Å²) in [5.41, 5.74) is -4.20. The number of alkyl halides is 5. The Balaban J connectivity index is 3.55. The molecule has 0 radical (unpaired) electrons. The SMILES string of the molecule is O=C(O)c1cc(C(F)F)nc(C(F)(F)F)c1Cl. The van der Waals surface area contributed by atoms with Crippen LogP contribution in [0.25, 0.3) is 0 Å². The van der Waals surface area contributed by atoms with Gasteiger partial charge in [0.1, 0.15) is 5.69 Å². The molecule has 0 aliphatic rings. The number of nitrogens with zero attached hydrogens (tertiary/aromatic N) is 1. The van der Waals surface area contributed by atoms with Crippen molar-refractivity contribution in [1.29, 1.82) is 0 Å². The number of hydrogen-bond acceptors (Lipinski definition) is 2. The van der Waals surface area contributed by atoms with Crippen molar-refractivity contribution in [2.24, 2.45) is 0 Å². The van der Waals surface area contributed by atoms with Crippen LogP contribution < -0.4 is 0 Å². The Morgan fingerprint density at radius 2 is 1.94 bits per heavy atom. The summed E-state index contributed by atoms with van der Waals surface area (Å²) in [7, 11) is 0. The highest BCUT2D eigenvalue weighted by molar-refractivity contribution is 6.34. The van der Waals surface area contributed by atoms with Crippen LogP contribution in [0.2, 0.25) is 5.02 Å². The minimum absolute atomic E-state index is 0.310. The van der Waals surface area contributed by atoms with Crippen molar-refractivity contribution >= 4 is 17.6 Å². The smallest absolute Gasteiger partial charge is 0.434 e. The van der Waals surface area contributed by atoms with E-state index in [0.717, 1.165) is 0 Å². The van der Waals surface area contributed by atoms with Gasteiger partial charge < -0.3 is 5.11 Å². The lowest BCUT2D eigenvalue weighted by atomic mass is 10.2. The fourth-order valence-corrected chi connectivity index (χ4v) is 1.29. The highest BCUT2D eigenvalue weighted by atomic mass is 35.5. The van der Waals surface area contributed by atoms with E-state index in [1.54, 1.807) is 0 Å². The van der Waals surface area contributed by atoms with Gasteiger partial charge in [-0.25, -0.2) is 18.6 Å². The fraction of sp³-hybridized carbons (Fsp3) is 0.250. The van der Waals surface area contributed by atoms with Crippen LogP contribution in [0.15, 0.2) is 6.07 Å². The number of carbonyl (C=O) groups is 1. The van der Waals surface area contributed by atoms with Gasteiger partial charge in [-0.1, -0.05) is 11.6 Å². The van der Waals surface area contributed by atoms with Crippen LogP contribution >= 0.6 is 11.6 Å². The molecule has 3 nitrogen and oxygen atoms in total. The van der Waals surface area contributed by atoms with Crippen molar-refractivity contribution in [3.8, 4) is 0 Å². The van der Waals surface area contributed by atoms with E-state index in [1.165, 1.54) is 0 Å². The van der Waals surface area contributed by atoms with Crippen LogP contribution in [0.1, 0.15) is 28.2 Å². The first-order valence-corrected chi connectivity index (χ1v) is 4.31. The van der Waals surface area contributed by atoms with Crippen LogP contribution in [-0.2, 0) is 6.18 Å². The quantitative estimate of drug-likeness (QED) is 0.842. The number of carboxylic acids is 1. The monoisotopic (exact) mass is 275 g/mol. The summed E-state index contributed by atoms with van der Waals surface area (Å²) in [6, 6.07) is 0.310. The molecule has 1 aromatic heterocycles. The minimum Gasteiger partial charge on any atom is -0.478 e. The molecule has 0 aliphatic carbocycles. The van der Waals surface area contributed by atoms with Gasteiger partial charge in [0.2, 0.25) is 0 Å². The van der Waals surface area contributed by atoms with Gasteiger partial charge in [-0.15, -0.1) is 0 Å². The molecule has 0 saturated heterocycles. The van der Waals surface area contributed by atoms with E-state index in [4.69, 9.17) is 16.7 Å². The van der Waals surface area contributed by atoms with E-state index in [2.05, 4.69) is 4.98 Å². The van der Waals surface area contributed by atoms with Gasteiger partial charge in [0, 0.05) is 0 Å². The predicted octanol–water partition coefficient (Wildman–Crippen LogP) is 3.39. The Bertz CT molecular complexity index is 460. The first-order valence-electron chi connectivity index (χ1n) is 3.93. The van der Waals surface area contributed by atoms with Crippen molar-refractivity contribution in [2.75, 3.05) is 0 Å². The summed E-state index contributed by atoms with van der Waals surface area (Å²) < 4.78 is 61.5. The highest BCUT2D eigenvalue weighted by Gasteiger charge is 2.38. The number of rotatable bonds is 2. The predicted molar refractivity (Wildman–Crippen MR) is 46.2 cm³/mol. The Morgan fingerprint density at radius 3 is 2.29 bits per heavy atom. The first-order chi connectivity index (χ1) is 7.64. The van der Waals surface area contributed by atoms with E-state index >= 15 is 0 Å². The molecular weight excluding hydrogens is 273 g/mol. The van der Waals surface area contributed by atoms with Gasteiger partial charge in [-0.2, -0.15) is 13.2 Å². The lowest BCUT2D eigenvalue weighted by Crippen LogP contribution is -2.14. The topological polar surface area (TPSA) is 50.2 Å². The molecule has 1 heterocycles. The van der Waals surface area contributed by atoms with Gasteiger partial charge in [-0.05, 0) is 6.07 Å². The van der Waals surface area contributed by atoms with Gasteiger partial charge in [-0.3, -0.25) is 0 Å². The van der Waals surface area contributed by atoms with Gasteiger partial charge >= 0.3 is 12.1 Å². The average molecular weight is 276 g/mol. The molecule has 0 bridgehead atoms. The third-order valence-electron chi connectivity index (χ3n) is 1.70. The maximum absolute atomic E-state index is 12.4. The van der Waals surface area contributed by atoms with Crippen molar-refractivity contribution in [3.05, 3.63) is 28.0 Å². The standard InChI is InChI=1S/C8H3ClF5NO2/c9-4-2(7(16)17)1-3(6(10)11)15-5(4)8(12,13)14/h1,6H,(H,16,17). The second-order valence-corrected chi connectivity index (χ2v) is 3.24. The molecule has 0 atom stereocenters. The van der Waals surface area contributed by atoms with Gasteiger partial charge in [0.25, 0.3) is 6.43 Å². The van der Waals surface area contributed by atoms with E-state index in [9.17, 15) is 26.7 Å². The zero-order valence-electron chi connectivity index (χ0n) is 7.73. The molecule has 0 unspecified atom stereocenters. The Hall–Kier alpha value is -1.44. The average Bonchev–Trinajstić information content (AvgIpc) is 2.15. The van der Waals surface area contributed by atoms with E-state index in [-0.39, 0.29) is 0 Å². The zero-order chi connectivity index (χ0) is 13.4. The van der Waals surface area contributed by atoms with Crippen LogP contribution in [0.5, 0.6) is 0 Å². The Labute approximate surface area is 95.8 Å². The van der Waals surface area contributed by atoms with Crippen molar-refractivity contribution in [1.82, 2.24) is 4.98 Å². The molecule has 1 N–H and O–H groups in total. The van der Waals surface area contributed by atoms with Crippen molar-refractivity contribution < 1.29 is 31.9 Å². The molecule has 17 heavy (non-hydrogen) atoms. The summed E-state index contributed by atoms with van der Waals surface area (Å²) in [6.07, 6.45) is -8.43. The van der Waals surface area contributed by atoms with E-state index in [1.807, 2.05) is 0 Å². The lowest BCUT2D eigenvalue weighted by molar-refractivity contribution is -0.141. The molecule has 0 aromatic carbocycles. The summed E-state index contributed by atoms with van der Waals surface area (Å²) in [5, 5.41) is 7.32.